The third-order valence-electron chi connectivity index (χ3n) is 23.5. The van der Waals surface area contributed by atoms with Gasteiger partial charge in [-0.3, -0.25) is 86.9 Å². The van der Waals surface area contributed by atoms with Gasteiger partial charge in [0.2, 0.25) is 94.5 Å². The van der Waals surface area contributed by atoms with Crippen molar-refractivity contribution in [2.24, 2.45) is 29.0 Å². The van der Waals surface area contributed by atoms with Crippen molar-refractivity contribution in [3.8, 4) is 0 Å². The summed E-state index contributed by atoms with van der Waals surface area (Å²) >= 11 is 7.19. The van der Waals surface area contributed by atoms with Crippen LogP contribution in [-0.2, 0) is 107 Å². The van der Waals surface area contributed by atoms with Gasteiger partial charge < -0.3 is 115 Å². The van der Waals surface area contributed by atoms with Gasteiger partial charge in [0.15, 0.2) is 11.7 Å². The molecule has 0 aliphatic carbocycles. The van der Waals surface area contributed by atoms with E-state index in [-0.39, 0.29) is 94.7 Å². The molecule has 3 aromatic carbocycles. The molecular formula is C90H126ClN23O18S. The number of ketones is 1. The van der Waals surface area contributed by atoms with E-state index in [0.717, 1.165) is 36.3 Å². The number of rotatable bonds is 26. The van der Waals surface area contributed by atoms with E-state index in [0.29, 0.717) is 69.9 Å². The number of aromatic amines is 3. The van der Waals surface area contributed by atoms with Crippen molar-refractivity contribution in [3.63, 3.8) is 0 Å². The topological polar surface area (TPSA) is 609 Å². The molecule has 0 bridgehead atoms. The van der Waals surface area contributed by atoms with Crippen molar-refractivity contribution >= 4 is 151 Å². The Morgan fingerprint density at radius 3 is 1.79 bits per heavy atom. The molecule has 0 radical (unpaired) electrons. The lowest BCUT2D eigenvalue weighted by Crippen LogP contribution is -2.61. The number of carbonyl (C=O) groups excluding carboxylic acids is 17. The molecule has 13 atom stereocenters. The number of nitrogens with two attached hydrogens (primary N) is 3. The van der Waals surface area contributed by atoms with E-state index >= 15 is 24.0 Å². The first-order chi connectivity index (χ1) is 63.3. The number of para-hydroxylation sites is 2. The second-order valence-electron chi connectivity index (χ2n) is 34.1. The van der Waals surface area contributed by atoms with Crippen molar-refractivity contribution in [2.75, 3.05) is 72.5 Å². The molecule has 41 nitrogen and oxygen atoms in total. The van der Waals surface area contributed by atoms with Gasteiger partial charge in [-0.05, 0) is 105 Å². The number of likely N-dealkylation sites (N-methyl/N-ethyl adjacent to an activating group) is 4. The molecule has 0 saturated carbocycles. The van der Waals surface area contributed by atoms with Crippen LogP contribution in [0.25, 0.3) is 21.8 Å². The molecule has 2 aliphatic heterocycles. The Hall–Kier alpha value is -13.0. The fraction of sp³-hybridized carbons (Fsp3) is 0.522. The molecule has 8 rings (SSSR count). The first kappa shape index (κ1) is 105. The minimum atomic E-state index is -1.81. The summed E-state index contributed by atoms with van der Waals surface area (Å²) in [6.07, 6.45) is 5.51. The summed E-state index contributed by atoms with van der Waals surface area (Å²) in [7, 11) is 5.27. The lowest BCUT2D eigenvalue weighted by atomic mass is 9.92. The molecule has 722 valence electrons. The number of aromatic nitrogens is 4. The number of hydrogen-bond donors (Lipinski definition) is 18. The van der Waals surface area contributed by atoms with Crippen LogP contribution < -0.4 is 70.4 Å². The number of fused-ring (bicyclic) bond motifs is 3. The number of thioether (sulfide) groups is 1. The lowest BCUT2D eigenvalue weighted by molar-refractivity contribution is -0.149. The molecule has 21 N–H and O–H groups in total. The number of primary amides is 2. The van der Waals surface area contributed by atoms with Gasteiger partial charge in [0.1, 0.15) is 72.5 Å². The summed E-state index contributed by atoms with van der Waals surface area (Å²) in [6, 6.07) is 2.38. The Kier molecular flexibility index (Phi) is 40.5. The summed E-state index contributed by atoms with van der Waals surface area (Å²) in [5.74, 6) is -18.2. The standard InChI is InChI=1S/C90H126ClN23O18S/c1-10-12-28-71-83(126)103-63(27-19-31-97-90(94)95)80(123)109-70(79(122)100-44-75(93)118)47-133-48-76(119)102-66(35-52-21-18-22-56(91)34-52)86(129)111(7)51(5)77(120)105-68(40-74(92)117)88(131)114-32-20-30-72(114)84(127)104-64(39-57-43-96-49-101-57)81(124)106-65(33-50(3)4)85(128)110(6)45-58(116)37-53(36-54-41-98-61-25-16-14-23-59(54)61)78(121)108-69(46-115)82(125)107-67(38-55-42-99-62-26-17-15-24-60(55)62)87(130)113(9)73(29-13-11-2)89(132)112(71)8/h14-18,21-26,34,41-43,49-51,53,63-73,98-99,115H,10-13,19-20,27-33,35-40,44-48H2,1-9H3,(H2,92,117)(H2,93,118)(H,96,101)(H,100,122)(H,102,119)(H,103,126)(H,104,127)(H,105,120)(H,106,124)(H,107,125)(H,108,121)(H,109,123)(H4,94,95,97)/t51-,53+,63-,64-,65-,66-,67-,68-,69-,70-,71-,72-,73-/m0/s1. The number of imidazole rings is 1. The number of aliphatic hydroxyl groups excluding tert-OH is 1. The molecule has 5 heterocycles. The number of Topliss-reactive ketones (excluding diaryl/α,β-unsaturated/α-hetero) is 1. The third-order valence-corrected chi connectivity index (χ3v) is 24.7. The van der Waals surface area contributed by atoms with E-state index in [4.69, 9.17) is 34.2 Å². The van der Waals surface area contributed by atoms with Gasteiger partial charge in [0.05, 0.1) is 38.2 Å². The van der Waals surface area contributed by atoms with Crippen LogP contribution in [0.15, 0.2) is 97.7 Å². The van der Waals surface area contributed by atoms with E-state index in [2.05, 4.69) is 73.1 Å². The average Bonchev–Trinajstić information content (AvgIpc) is 1.71. The first-order valence-electron chi connectivity index (χ1n) is 44.5. The predicted octanol–water partition coefficient (Wildman–Crippen LogP) is -0.394. The highest BCUT2D eigenvalue weighted by molar-refractivity contribution is 8.00. The summed E-state index contributed by atoms with van der Waals surface area (Å²) in [4.78, 5) is 268. The Balaban J connectivity index is 1.18. The van der Waals surface area contributed by atoms with E-state index < -0.39 is 229 Å². The summed E-state index contributed by atoms with van der Waals surface area (Å²) in [5, 5.41) is 47.1. The first-order valence-corrected chi connectivity index (χ1v) is 46.1. The maximum Gasteiger partial charge on any atom is 0.246 e. The molecule has 2 aliphatic rings. The second-order valence-corrected chi connectivity index (χ2v) is 35.6. The van der Waals surface area contributed by atoms with Crippen LogP contribution in [-0.4, -0.2) is 301 Å². The SMILES string of the molecule is CCCC[C@H]1C(=O)N(C)[C@@H](CCCC)C(=O)N[C@@H](CCCNC(=N)N)C(=O)N[C@H](C(=O)NCC(N)=O)CSCC(=O)N[C@@H](Cc2cccc(Cl)c2)C(=O)N(C)[C@@H](C)C(=O)N[C@@H](CC(N)=O)C(=O)N2CCC[C@H]2C(=O)N[C@@H](Cc2cnc[nH]2)C(=O)N[C@@H](CC(C)C)C(=O)N(C)CC(=O)C[C@@H](Cc2c[nH]c3ccccc23)C(=O)N[C@@H](CO)C(=O)N[C@@H](Cc2c[nH]c3ccccc23)C(=O)N1C. The van der Waals surface area contributed by atoms with Gasteiger partial charge in [-0.25, -0.2) is 4.98 Å². The Morgan fingerprint density at radius 2 is 1.17 bits per heavy atom. The van der Waals surface area contributed by atoms with Crippen LogP contribution in [0.1, 0.15) is 140 Å². The Morgan fingerprint density at radius 1 is 0.586 bits per heavy atom. The van der Waals surface area contributed by atoms with E-state index in [1.54, 1.807) is 93.0 Å². The van der Waals surface area contributed by atoms with Crippen LogP contribution in [0.2, 0.25) is 5.02 Å². The van der Waals surface area contributed by atoms with E-state index in [1.807, 2.05) is 13.8 Å². The van der Waals surface area contributed by atoms with Crippen LogP contribution in [0, 0.1) is 17.2 Å². The third kappa shape index (κ3) is 30.8. The fourth-order valence-electron chi connectivity index (χ4n) is 16.1. The minimum Gasteiger partial charge on any atom is -0.394 e. The second kappa shape index (κ2) is 51.1. The normalized spacial score (nSPS) is 23.5. The van der Waals surface area contributed by atoms with Crippen molar-refractivity contribution in [3.05, 3.63) is 125 Å². The number of amides is 16. The molecule has 2 fully saturated rings. The highest BCUT2D eigenvalue weighted by atomic mass is 35.5. The monoisotopic (exact) mass is 1880 g/mol. The largest absolute Gasteiger partial charge is 0.394 e. The molecule has 133 heavy (non-hydrogen) atoms. The van der Waals surface area contributed by atoms with Crippen molar-refractivity contribution in [1.82, 2.24) is 97.6 Å². The predicted molar refractivity (Wildman–Crippen MR) is 496 cm³/mol. The molecule has 2 saturated heterocycles. The van der Waals surface area contributed by atoms with Crippen LogP contribution >= 0.6 is 23.4 Å². The number of halogens is 1. The molecular weight excluding hydrogens is 1760 g/mol. The van der Waals surface area contributed by atoms with Crippen LogP contribution in [0.3, 0.4) is 0 Å². The number of aliphatic hydroxyl groups is 1. The Bertz CT molecular complexity index is 5130. The van der Waals surface area contributed by atoms with Crippen LogP contribution in [0.5, 0.6) is 0 Å². The van der Waals surface area contributed by atoms with Gasteiger partial charge in [-0.2, -0.15) is 0 Å². The molecule has 16 amide bonds. The number of hydrogen-bond acceptors (Lipinski definition) is 21. The lowest BCUT2D eigenvalue weighted by Gasteiger charge is -2.36. The summed E-state index contributed by atoms with van der Waals surface area (Å²) in [5.41, 5.74) is 20.0. The number of carbonyl (C=O) groups is 17. The van der Waals surface area contributed by atoms with E-state index in [9.17, 15) is 62.6 Å². The Labute approximate surface area is 779 Å². The number of nitrogens with zero attached hydrogens (tertiary/aromatic N) is 6. The van der Waals surface area contributed by atoms with Crippen molar-refractivity contribution in [1.29, 1.82) is 5.41 Å². The van der Waals surface area contributed by atoms with Gasteiger partial charge in [0.25, 0.3) is 0 Å². The van der Waals surface area contributed by atoms with Crippen molar-refractivity contribution in [2.45, 2.75) is 216 Å². The molecule has 43 heteroatoms. The fourth-order valence-corrected chi connectivity index (χ4v) is 17.2. The number of guanidine groups is 1. The maximum atomic E-state index is 15.7. The number of H-pyrrole nitrogens is 3. The zero-order chi connectivity index (χ0) is 97.4. The number of benzene rings is 3. The summed E-state index contributed by atoms with van der Waals surface area (Å²) in [6.45, 7) is 6.05. The van der Waals surface area contributed by atoms with Crippen LogP contribution in [0.4, 0.5) is 0 Å². The zero-order valence-corrected chi connectivity index (χ0v) is 78.0. The molecule has 0 unspecified atom stereocenters. The molecule has 0 spiro atoms. The van der Waals surface area contributed by atoms with Gasteiger partial charge >= 0.3 is 0 Å². The highest BCUT2D eigenvalue weighted by Crippen LogP contribution is 2.28. The average molecular weight is 1890 g/mol. The maximum absolute atomic E-state index is 15.7. The molecule has 6 aromatic rings. The minimum absolute atomic E-state index is 0.00296. The van der Waals surface area contributed by atoms with Gasteiger partial charge in [-0.1, -0.05) is 114 Å². The zero-order valence-electron chi connectivity index (χ0n) is 76.4. The smallest absolute Gasteiger partial charge is 0.246 e. The highest BCUT2D eigenvalue weighted by Gasteiger charge is 2.44. The molecule has 3 aromatic heterocycles. The quantitative estimate of drug-likeness (QED) is 0.0187. The number of unbranched alkanes of at least 4 members (excludes halogenated alkanes) is 2. The van der Waals surface area contributed by atoms with Gasteiger partial charge in [0, 0.05) is 130 Å². The van der Waals surface area contributed by atoms with Gasteiger partial charge in [-0.15, -0.1) is 11.8 Å². The van der Waals surface area contributed by atoms with E-state index in [1.165, 1.54) is 53.7 Å². The summed E-state index contributed by atoms with van der Waals surface area (Å²) < 4.78 is 0. The number of nitrogens with one attached hydrogen (secondary N) is 14. The van der Waals surface area contributed by atoms with Crippen molar-refractivity contribution < 1.29 is 86.6 Å².